The summed E-state index contributed by atoms with van der Waals surface area (Å²) in [5.74, 6) is -1.74. The van der Waals surface area contributed by atoms with E-state index in [-0.39, 0.29) is 11.3 Å². The van der Waals surface area contributed by atoms with E-state index in [1.807, 2.05) is 35.7 Å². The second-order valence-corrected chi connectivity index (χ2v) is 8.58. The van der Waals surface area contributed by atoms with Gasteiger partial charge in [0.2, 0.25) is 10.9 Å². The molecule has 1 aromatic carbocycles. The Kier molecular flexibility index (Phi) is 4.07. The monoisotopic (exact) mass is 423 g/mol. The molecule has 0 spiro atoms. The number of thiophene rings is 1. The molecule has 1 atom stereocenters. The summed E-state index contributed by atoms with van der Waals surface area (Å²) in [6, 6.07) is 11.7. The predicted molar refractivity (Wildman–Crippen MR) is 109 cm³/mol. The Morgan fingerprint density at radius 2 is 2.03 bits per heavy atom. The van der Waals surface area contributed by atoms with Crippen LogP contribution >= 0.6 is 22.7 Å². The van der Waals surface area contributed by atoms with E-state index in [2.05, 4.69) is 10.2 Å². The van der Waals surface area contributed by atoms with Crippen LogP contribution in [0.4, 0.5) is 5.13 Å². The van der Waals surface area contributed by atoms with Gasteiger partial charge in [-0.2, -0.15) is 0 Å². The number of furan rings is 1. The van der Waals surface area contributed by atoms with Gasteiger partial charge in [0.05, 0.1) is 5.57 Å². The molecule has 0 saturated heterocycles. The summed E-state index contributed by atoms with van der Waals surface area (Å²) in [5.41, 5.74) is 0.536. The number of carbonyl (C=O) groups is 2. The van der Waals surface area contributed by atoms with Crippen molar-refractivity contribution in [3.05, 3.63) is 74.8 Å². The smallest absolute Gasteiger partial charge is 0.296 e. The Bertz CT molecular complexity index is 1250. The van der Waals surface area contributed by atoms with E-state index in [0.717, 1.165) is 10.3 Å². The minimum absolute atomic E-state index is 0.0237. The number of ketones is 1. The predicted octanol–water partition coefficient (Wildman–Crippen LogP) is 4.44. The number of aliphatic hydroxyl groups is 1. The summed E-state index contributed by atoms with van der Waals surface area (Å²) in [6.07, 6.45) is 0. The van der Waals surface area contributed by atoms with Gasteiger partial charge in [-0.25, -0.2) is 0 Å². The molecule has 0 bridgehead atoms. The number of hydrogen-bond donors (Lipinski definition) is 1. The summed E-state index contributed by atoms with van der Waals surface area (Å²) in [5, 5.41) is 22.3. The van der Waals surface area contributed by atoms with E-state index in [9.17, 15) is 14.7 Å². The number of rotatable bonds is 4. The number of aliphatic hydroxyl groups excluding tert-OH is 1. The van der Waals surface area contributed by atoms with E-state index in [0.29, 0.717) is 15.7 Å². The Morgan fingerprint density at radius 3 is 2.72 bits per heavy atom. The van der Waals surface area contributed by atoms with Gasteiger partial charge in [0.15, 0.2) is 11.5 Å². The number of fused-ring (bicyclic) bond motifs is 1. The number of para-hydroxylation sites is 1. The summed E-state index contributed by atoms with van der Waals surface area (Å²) in [7, 11) is 0. The Labute approximate surface area is 172 Å². The first-order chi connectivity index (χ1) is 14.0. The maximum atomic E-state index is 13.3. The third-order valence-electron chi connectivity index (χ3n) is 4.64. The third kappa shape index (κ3) is 2.78. The highest BCUT2D eigenvalue weighted by atomic mass is 32.1. The normalized spacial score (nSPS) is 16.9. The number of aromatic nitrogens is 2. The largest absolute Gasteiger partial charge is 0.503 e. The maximum absolute atomic E-state index is 13.3. The van der Waals surface area contributed by atoms with Crippen molar-refractivity contribution in [2.24, 2.45) is 0 Å². The molecule has 9 heteroatoms. The van der Waals surface area contributed by atoms with Gasteiger partial charge in [-0.05, 0) is 30.5 Å². The second kappa shape index (κ2) is 6.64. The molecule has 0 saturated carbocycles. The van der Waals surface area contributed by atoms with E-state index in [4.69, 9.17) is 4.42 Å². The van der Waals surface area contributed by atoms with Crippen LogP contribution in [0.3, 0.4) is 0 Å². The first-order valence-electron chi connectivity index (χ1n) is 8.68. The van der Waals surface area contributed by atoms with Gasteiger partial charge in [0.25, 0.3) is 5.91 Å². The molecule has 1 aliphatic rings. The molecule has 1 amide bonds. The minimum Gasteiger partial charge on any atom is -0.503 e. The highest BCUT2D eigenvalue weighted by Crippen LogP contribution is 2.44. The zero-order valence-corrected chi connectivity index (χ0v) is 16.7. The number of nitrogens with zero attached hydrogens (tertiary/aromatic N) is 3. The number of Topliss-reactive ketones (excluding diaryl/α,β-unsaturated/α-hetero) is 1. The average molecular weight is 423 g/mol. The van der Waals surface area contributed by atoms with Crippen LogP contribution < -0.4 is 4.90 Å². The first kappa shape index (κ1) is 17.8. The van der Waals surface area contributed by atoms with E-state index < -0.39 is 23.5 Å². The molecule has 0 radical (unpaired) electrons. The average Bonchev–Trinajstić information content (AvgIpc) is 3.49. The highest BCUT2D eigenvalue weighted by Gasteiger charge is 2.47. The van der Waals surface area contributed by atoms with Crippen LogP contribution in [-0.2, 0) is 4.79 Å². The molecule has 1 unspecified atom stereocenters. The third-order valence-corrected chi connectivity index (χ3v) is 6.40. The van der Waals surface area contributed by atoms with E-state index >= 15 is 0 Å². The van der Waals surface area contributed by atoms with Crippen molar-refractivity contribution in [3.63, 3.8) is 0 Å². The number of benzene rings is 1. The fourth-order valence-electron chi connectivity index (χ4n) is 3.36. The number of carbonyl (C=O) groups excluding carboxylic acids is 2. The van der Waals surface area contributed by atoms with Crippen molar-refractivity contribution in [3.8, 4) is 0 Å². The van der Waals surface area contributed by atoms with Gasteiger partial charge in [-0.15, -0.1) is 21.5 Å². The number of aryl methyl sites for hydroxylation is 1. The summed E-state index contributed by atoms with van der Waals surface area (Å²) in [4.78, 5) is 28.3. The van der Waals surface area contributed by atoms with Gasteiger partial charge >= 0.3 is 0 Å². The van der Waals surface area contributed by atoms with E-state index in [1.165, 1.54) is 27.6 Å². The fourth-order valence-corrected chi connectivity index (χ4v) is 4.90. The zero-order chi connectivity index (χ0) is 20.1. The summed E-state index contributed by atoms with van der Waals surface area (Å²) in [6.45, 7) is 1.77. The van der Waals surface area contributed by atoms with Gasteiger partial charge in [0, 0.05) is 10.3 Å². The lowest BCUT2D eigenvalue weighted by atomic mass is 10.0. The van der Waals surface area contributed by atoms with Crippen molar-refractivity contribution >= 4 is 50.5 Å². The lowest BCUT2D eigenvalue weighted by Crippen LogP contribution is -2.30. The minimum atomic E-state index is -0.796. The van der Waals surface area contributed by atoms with Crippen LogP contribution in [-0.4, -0.2) is 27.0 Å². The lowest BCUT2D eigenvalue weighted by Gasteiger charge is -2.22. The van der Waals surface area contributed by atoms with Crippen molar-refractivity contribution in [1.29, 1.82) is 0 Å². The molecule has 4 heterocycles. The fraction of sp³-hybridized carbons (Fsp3) is 0.100. The molecule has 3 aromatic heterocycles. The SMILES string of the molecule is Cc1nnc(N2C(=O)C(O)=C(C(=O)c3cc4ccccc4o3)C2c2cccs2)s1. The van der Waals surface area contributed by atoms with Crippen LogP contribution in [0.25, 0.3) is 11.0 Å². The van der Waals surface area contributed by atoms with Crippen LogP contribution in [0.1, 0.15) is 26.5 Å². The van der Waals surface area contributed by atoms with Gasteiger partial charge in [-0.3, -0.25) is 14.5 Å². The molecule has 1 N–H and O–H groups in total. The lowest BCUT2D eigenvalue weighted by molar-refractivity contribution is -0.117. The van der Waals surface area contributed by atoms with Crippen molar-refractivity contribution in [1.82, 2.24) is 10.2 Å². The van der Waals surface area contributed by atoms with Gasteiger partial charge < -0.3 is 9.52 Å². The molecule has 7 nitrogen and oxygen atoms in total. The molecule has 1 aliphatic heterocycles. The summed E-state index contributed by atoms with van der Waals surface area (Å²) >= 11 is 2.61. The Balaban J connectivity index is 1.65. The summed E-state index contributed by atoms with van der Waals surface area (Å²) < 4.78 is 5.69. The second-order valence-electron chi connectivity index (χ2n) is 6.44. The molecular weight excluding hydrogens is 410 g/mol. The molecule has 5 rings (SSSR count). The van der Waals surface area contributed by atoms with Crippen molar-refractivity contribution in [2.75, 3.05) is 4.90 Å². The topological polar surface area (TPSA) is 96.5 Å². The Morgan fingerprint density at radius 1 is 1.21 bits per heavy atom. The molecule has 0 fully saturated rings. The maximum Gasteiger partial charge on any atom is 0.296 e. The molecule has 4 aromatic rings. The van der Waals surface area contributed by atoms with Crippen LogP contribution in [0.15, 0.2) is 63.6 Å². The van der Waals surface area contributed by atoms with Gasteiger partial charge in [0.1, 0.15) is 16.6 Å². The molecule has 29 heavy (non-hydrogen) atoms. The Hall–Kier alpha value is -3.30. The number of hydrogen-bond acceptors (Lipinski definition) is 8. The first-order valence-corrected chi connectivity index (χ1v) is 10.4. The van der Waals surface area contributed by atoms with Crippen molar-refractivity contribution < 1.29 is 19.1 Å². The standard InChI is InChI=1S/C20H13N3O4S2/c1-10-21-22-20(29-10)23-16(14-7-4-8-28-14)15(18(25)19(23)26)17(24)13-9-11-5-2-3-6-12(11)27-13/h2-9,16,25H,1H3. The molecular formula is C20H13N3O4S2. The quantitative estimate of drug-likeness (QED) is 0.488. The van der Waals surface area contributed by atoms with Crippen molar-refractivity contribution in [2.45, 2.75) is 13.0 Å². The number of anilines is 1. The molecule has 0 aliphatic carbocycles. The van der Waals surface area contributed by atoms with E-state index in [1.54, 1.807) is 19.1 Å². The number of amides is 1. The van der Waals surface area contributed by atoms with Crippen LogP contribution in [0, 0.1) is 6.92 Å². The highest BCUT2D eigenvalue weighted by molar-refractivity contribution is 7.15. The van der Waals surface area contributed by atoms with Crippen LogP contribution in [0.2, 0.25) is 0 Å². The van der Waals surface area contributed by atoms with Gasteiger partial charge in [-0.1, -0.05) is 35.6 Å². The van der Waals surface area contributed by atoms with Crippen LogP contribution in [0.5, 0.6) is 0 Å². The molecule has 144 valence electrons. The zero-order valence-electron chi connectivity index (χ0n) is 15.0.